The maximum atomic E-state index is 12.9. The number of hydrogen-bond acceptors (Lipinski definition) is 2. The second-order valence-electron chi connectivity index (χ2n) is 6.88. The summed E-state index contributed by atoms with van der Waals surface area (Å²) in [4.78, 5) is 15.8. The maximum absolute atomic E-state index is 12.9. The van der Waals surface area contributed by atoms with Crippen molar-refractivity contribution in [2.45, 2.75) is 24.9 Å². The van der Waals surface area contributed by atoms with Gasteiger partial charge < -0.3 is 14.8 Å². The molecule has 3 rings (SSSR count). The molecule has 4 nitrogen and oxygen atoms in total. The van der Waals surface area contributed by atoms with Gasteiger partial charge in [0.25, 0.3) is 0 Å². The van der Waals surface area contributed by atoms with Gasteiger partial charge in [-0.15, -0.1) is 18.3 Å². The van der Waals surface area contributed by atoms with Crippen LogP contribution in [0.2, 0.25) is 0 Å². The Balaban J connectivity index is 1.72. The highest BCUT2D eigenvalue weighted by atomic mass is 32.2. The number of aromatic nitrogens is 1. The van der Waals surface area contributed by atoms with Crippen LogP contribution in [0.15, 0.2) is 84.4 Å². The van der Waals surface area contributed by atoms with Gasteiger partial charge in [0.2, 0.25) is 0 Å². The monoisotopic (exact) mass is 405 g/mol. The molecule has 0 spiro atoms. The Hall–Kier alpha value is -2.92. The molecule has 1 N–H and O–H groups in total. The number of rotatable bonds is 8. The largest absolute Gasteiger partial charge is 0.345 e. The molecule has 0 bridgehead atoms. The smallest absolute Gasteiger partial charge is 0.322 e. The second-order valence-corrected chi connectivity index (χ2v) is 7.76. The summed E-state index contributed by atoms with van der Waals surface area (Å²) in [5.41, 5.74) is 4.42. The summed E-state index contributed by atoms with van der Waals surface area (Å²) < 4.78 is 2.19. The van der Waals surface area contributed by atoms with Gasteiger partial charge in [0.05, 0.1) is 6.54 Å². The SMILES string of the molecule is C=CCN(Cc1cccn1Cc1ccccc1C)C(=O)Nc1ccc(SC)cc1. The topological polar surface area (TPSA) is 37.3 Å². The van der Waals surface area contributed by atoms with Crippen molar-refractivity contribution in [1.29, 1.82) is 0 Å². The zero-order valence-electron chi connectivity index (χ0n) is 17.0. The van der Waals surface area contributed by atoms with E-state index in [4.69, 9.17) is 0 Å². The predicted octanol–water partition coefficient (Wildman–Crippen LogP) is 5.79. The first-order chi connectivity index (χ1) is 14.1. The van der Waals surface area contributed by atoms with Gasteiger partial charge in [-0.25, -0.2) is 4.79 Å². The Morgan fingerprint density at radius 3 is 2.59 bits per heavy atom. The molecule has 1 aromatic heterocycles. The van der Waals surface area contributed by atoms with Crippen LogP contribution in [-0.4, -0.2) is 28.3 Å². The second kappa shape index (κ2) is 10.0. The molecule has 0 aliphatic heterocycles. The average Bonchev–Trinajstić information content (AvgIpc) is 3.16. The van der Waals surface area contributed by atoms with Crippen molar-refractivity contribution in [3.05, 3.63) is 96.3 Å². The quantitative estimate of drug-likeness (QED) is 0.381. The van der Waals surface area contributed by atoms with Crippen molar-refractivity contribution in [1.82, 2.24) is 9.47 Å². The molecule has 0 atom stereocenters. The number of aryl methyl sites for hydroxylation is 1. The van der Waals surface area contributed by atoms with Crippen LogP contribution >= 0.6 is 11.8 Å². The van der Waals surface area contributed by atoms with Gasteiger partial charge in [0.15, 0.2) is 0 Å². The summed E-state index contributed by atoms with van der Waals surface area (Å²) in [7, 11) is 0. The van der Waals surface area contributed by atoms with Gasteiger partial charge in [0, 0.05) is 35.6 Å². The molecule has 150 valence electrons. The molecule has 0 fully saturated rings. The lowest BCUT2D eigenvalue weighted by Crippen LogP contribution is -2.35. The van der Waals surface area contributed by atoms with Gasteiger partial charge in [-0.1, -0.05) is 30.3 Å². The highest BCUT2D eigenvalue weighted by molar-refractivity contribution is 7.98. The van der Waals surface area contributed by atoms with Crippen LogP contribution in [-0.2, 0) is 13.1 Å². The minimum absolute atomic E-state index is 0.134. The Morgan fingerprint density at radius 1 is 1.14 bits per heavy atom. The van der Waals surface area contributed by atoms with E-state index >= 15 is 0 Å². The third-order valence-corrected chi connectivity index (χ3v) is 5.60. The Kier molecular flexibility index (Phi) is 7.19. The Bertz CT molecular complexity index is 962. The molecule has 0 aliphatic carbocycles. The fourth-order valence-corrected chi connectivity index (χ4v) is 3.57. The van der Waals surface area contributed by atoms with Crippen LogP contribution < -0.4 is 5.32 Å². The molecule has 2 amide bonds. The minimum atomic E-state index is -0.134. The molecule has 0 aliphatic rings. The average molecular weight is 406 g/mol. The summed E-state index contributed by atoms with van der Waals surface area (Å²) in [5, 5.41) is 2.99. The molecular weight excluding hydrogens is 378 g/mol. The zero-order chi connectivity index (χ0) is 20.6. The number of carbonyl (C=O) groups excluding carboxylic acids is 1. The molecule has 1 heterocycles. The normalized spacial score (nSPS) is 10.6. The van der Waals surface area contributed by atoms with Crippen LogP contribution in [0.4, 0.5) is 10.5 Å². The first-order valence-corrected chi connectivity index (χ1v) is 10.8. The van der Waals surface area contributed by atoms with Crippen molar-refractivity contribution in [2.75, 3.05) is 18.1 Å². The van der Waals surface area contributed by atoms with E-state index in [0.29, 0.717) is 13.1 Å². The van der Waals surface area contributed by atoms with E-state index in [0.717, 1.165) is 17.9 Å². The van der Waals surface area contributed by atoms with E-state index in [9.17, 15) is 4.79 Å². The van der Waals surface area contributed by atoms with E-state index in [1.807, 2.05) is 36.6 Å². The van der Waals surface area contributed by atoms with Crippen LogP contribution in [0.3, 0.4) is 0 Å². The minimum Gasteiger partial charge on any atom is -0.345 e. The van der Waals surface area contributed by atoms with E-state index in [1.165, 1.54) is 16.0 Å². The van der Waals surface area contributed by atoms with Crippen molar-refractivity contribution in [3.63, 3.8) is 0 Å². The number of carbonyl (C=O) groups is 1. The number of urea groups is 1. The van der Waals surface area contributed by atoms with E-state index in [1.54, 1.807) is 22.7 Å². The number of amides is 2. The van der Waals surface area contributed by atoms with Crippen molar-refractivity contribution in [3.8, 4) is 0 Å². The standard InChI is InChI=1S/C24H27N3OS/c1-4-15-27(24(28)25-21-11-13-23(29-3)14-12-21)18-22-10-7-16-26(22)17-20-9-6-5-8-19(20)2/h4-14,16H,1,15,17-18H2,2-3H3,(H,25,28). The van der Waals surface area contributed by atoms with Crippen LogP contribution in [0.25, 0.3) is 0 Å². The van der Waals surface area contributed by atoms with E-state index < -0.39 is 0 Å². The highest BCUT2D eigenvalue weighted by Crippen LogP contribution is 2.18. The van der Waals surface area contributed by atoms with Crippen LogP contribution in [0, 0.1) is 6.92 Å². The van der Waals surface area contributed by atoms with Gasteiger partial charge in [-0.3, -0.25) is 0 Å². The lowest BCUT2D eigenvalue weighted by molar-refractivity contribution is 0.214. The highest BCUT2D eigenvalue weighted by Gasteiger charge is 2.15. The third-order valence-electron chi connectivity index (χ3n) is 4.86. The molecule has 2 aromatic carbocycles. The lowest BCUT2D eigenvalue weighted by atomic mass is 10.1. The third kappa shape index (κ3) is 5.55. The van der Waals surface area contributed by atoms with Gasteiger partial charge in [-0.2, -0.15) is 0 Å². The van der Waals surface area contributed by atoms with Crippen molar-refractivity contribution in [2.24, 2.45) is 0 Å². The van der Waals surface area contributed by atoms with Crippen molar-refractivity contribution < 1.29 is 4.79 Å². The molecule has 29 heavy (non-hydrogen) atoms. The Labute approximate surface area is 177 Å². The molecule has 0 saturated carbocycles. The van der Waals surface area contributed by atoms with Gasteiger partial charge >= 0.3 is 6.03 Å². The molecule has 0 radical (unpaired) electrons. The van der Waals surface area contributed by atoms with Gasteiger partial charge in [0.1, 0.15) is 0 Å². The van der Waals surface area contributed by atoms with Crippen LogP contribution in [0.1, 0.15) is 16.8 Å². The number of nitrogens with zero attached hydrogens (tertiary/aromatic N) is 2. The fourth-order valence-electron chi connectivity index (χ4n) is 3.17. The summed E-state index contributed by atoms with van der Waals surface area (Å²) in [6.07, 6.45) is 5.85. The van der Waals surface area contributed by atoms with Crippen LogP contribution in [0.5, 0.6) is 0 Å². The molecule has 3 aromatic rings. The first kappa shape index (κ1) is 20.8. The fraction of sp³-hybridized carbons (Fsp3) is 0.208. The number of thioether (sulfide) groups is 1. The zero-order valence-corrected chi connectivity index (χ0v) is 17.8. The predicted molar refractivity (Wildman–Crippen MR) is 123 cm³/mol. The summed E-state index contributed by atoms with van der Waals surface area (Å²) in [6.45, 7) is 7.71. The van der Waals surface area contributed by atoms with Gasteiger partial charge in [-0.05, 0) is 60.7 Å². The first-order valence-electron chi connectivity index (χ1n) is 9.60. The summed E-state index contributed by atoms with van der Waals surface area (Å²) >= 11 is 1.68. The molecular formula is C24H27N3OS. The Morgan fingerprint density at radius 2 is 1.90 bits per heavy atom. The van der Waals surface area contributed by atoms with Crippen molar-refractivity contribution >= 4 is 23.5 Å². The number of hydrogen-bond donors (Lipinski definition) is 1. The lowest BCUT2D eigenvalue weighted by Gasteiger charge is -2.23. The summed E-state index contributed by atoms with van der Waals surface area (Å²) in [5.74, 6) is 0. The van der Waals surface area contributed by atoms with E-state index in [2.05, 4.69) is 59.9 Å². The summed E-state index contributed by atoms with van der Waals surface area (Å²) in [6, 6.07) is 20.2. The number of nitrogens with one attached hydrogen (secondary N) is 1. The molecule has 5 heteroatoms. The number of anilines is 1. The number of benzene rings is 2. The maximum Gasteiger partial charge on any atom is 0.322 e. The molecule has 0 saturated heterocycles. The van der Waals surface area contributed by atoms with E-state index in [-0.39, 0.29) is 6.03 Å². The molecule has 0 unspecified atom stereocenters.